The molecule has 0 atom stereocenters. The van der Waals surface area contributed by atoms with E-state index in [0.29, 0.717) is 32.1 Å². The summed E-state index contributed by atoms with van der Waals surface area (Å²) in [6.07, 6.45) is 4.62. The molecule has 0 spiro atoms. The quantitative estimate of drug-likeness (QED) is 0.694. The lowest BCUT2D eigenvalue weighted by Gasteiger charge is -2.29. The average molecular weight is 384 g/mol. The number of hydrogen-bond acceptors (Lipinski definition) is 6. The number of carbonyl (C=O) groups excluding carboxylic acids is 2. The van der Waals surface area contributed by atoms with Gasteiger partial charge in [0.1, 0.15) is 12.8 Å². The number of carbonyl (C=O) groups is 2. The summed E-state index contributed by atoms with van der Waals surface area (Å²) in [6, 6.07) is 11.1. The highest BCUT2D eigenvalue weighted by Crippen LogP contribution is 2.05. The molecular formula is C20H24N4O4. The molecule has 1 aliphatic heterocycles. The Morgan fingerprint density at radius 2 is 1.96 bits per heavy atom. The van der Waals surface area contributed by atoms with Crippen molar-refractivity contribution < 1.29 is 18.8 Å². The van der Waals surface area contributed by atoms with Gasteiger partial charge in [-0.2, -0.15) is 0 Å². The van der Waals surface area contributed by atoms with Crippen molar-refractivity contribution >= 4 is 23.7 Å². The smallest absolute Gasteiger partial charge is 0.247 e. The zero-order valence-electron chi connectivity index (χ0n) is 15.6. The molecule has 1 fully saturated rings. The molecule has 1 aromatic carbocycles. The third-order valence-electron chi connectivity index (χ3n) is 4.36. The number of amides is 2. The van der Waals surface area contributed by atoms with E-state index in [2.05, 4.69) is 15.4 Å². The van der Waals surface area contributed by atoms with E-state index in [1.807, 2.05) is 30.3 Å². The minimum absolute atomic E-state index is 0.0604. The highest BCUT2D eigenvalue weighted by molar-refractivity contribution is 5.97. The minimum Gasteiger partial charge on any atom is -0.379 e. The molecule has 0 aliphatic carbocycles. The van der Waals surface area contributed by atoms with Crippen molar-refractivity contribution in [1.82, 2.24) is 15.0 Å². The van der Waals surface area contributed by atoms with Gasteiger partial charge in [0.25, 0.3) is 0 Å². The Labute approximate surface area is 163 Å². The van der Waals surface area contributed by atoms with Gasteiger partial charge in [0.15, 0.2) is 5.82 Å². The Balaban J connectivity index is 1.61. The summed E-state index contributed by atoms with van der Waals surface area (Å²) in [7, 11) is 0. The highest BCUT2D eigenvalue weighted by atomic mass is 16.5. The van der Waals surface area contributed by atoms with Gasteiger partial charge in [-0.05, 0) is 11.6 Å². The number of hydrogen-bond donors (Lipinski definition) is 1. The second-order valence-electron chi connectivity index (χ2n) is 6.39. The molecule has 148 valence electrons. The molecular weight excluding hydrogens is 360 g/mol. The van der Waals surface area contributed by atoms with Crippen LogP contribution in [0.5, 0.6) is 0 Å². The minimum atomic E-state index is -0.322. The molecule has 8 nitrogen and oxygen atoms in total. The third kappa shape index (κ3) is 6.33. The summed E-state index contributed by atoms with van der Waals surface area (Å²) in [5.41, 5.74) is 0.927. The number of rotatable bonds is 8. The normalized spacial score (nSPS) is 14.9. The number of nitrogens with one attached hydrogen (secondary N) is 1. The van der Waals surface area contributed by atoms with E-state index in [0.717, 1.165) is 18.7 Å². The second kappa shape index (κ2) is 10.4. The molecule has 0 bridgehead atoms. The first-order valence-corrected chi connectivity index (χ1v) is 9.23. The summed E-state index contributed by atoms with van der Waals surface area (Å²) in [5.74, 6) is -0.213. The Morgan fingerprint density at radius 3 is 2.68 bits per heavy atom. The first-order chi connectivity index (χ1) is 13.7. The lowest BCUT2D eigenvalue weighted by molar-refractivity contribution is -0.130. The zero-order chi connectivity index (χ0) is 19.6. The van der Waals surface area contributed by atoms with Gasteiger partial charge in [-0.3, -0.25) is 14.5 Å². The molecule has 2 heterocycles. The van der Waals surface area contributed by atoms with Crippen molar-refractivity contribution in [2.24, 2.45) is 0 Å². The summed E-state index contributed by atoms with van der Waals surface area (Å²) in [6.45, 7) is 4.11. The van der Waals surface area contributed by atoms with Gasteiger partial charge in [0, 0.05) is 38.3 Å². The van der Waals surface area contributed by atoms with Gasteiger partial charge >= 0.3 is 0 Å². The van der Waals surface area contributed by atoms with Crippen LogP contribution in [0.25, 0.3) is 6.08 Å². The zero-order valence-corrected chi connectivity index (χ0v) is 15.6. The topological polar surface area (TPSA) is 87.9 Å². The molecule has 1 saturated heterocycles. The molecule has 8 heteroatoms. The maximum atomic E-state index is 12.7. The van der Waals surface area contributed by atoms with E-state index in [4.69, 9.17) is 9.26 Å². The van der Waals surface area contributed by atoms with Crippen LogP contribution in [0.3, 0.4) is 0 Å². The number of morpholine rings is 1. The van der Waals surface area contributed by atoms with Crippen LogP contribution in [-0.4, -0.2) is 72.7 Å². The van der Waals surface area contributed by atoms with Crippen molar-refractivity contribution in [3.8, 4) is 0 Å². The number of benzene rings is 1. The van der Waals surface area contributed by atoms with Crippen LogP contribution in [0.1, 0.15) is 5.56 Å². The highest BCUT2D eigenvalue weighted by Gasteiger charge is 2.18. The predicted molar refractivity (Wildman–Crippen MR) is 104 cm³/mol. The molecule has 0 unspecified atom stereocenters. The van der Waals surface area contributed by atoms with Crippen molar-refractivity contribution in [2.45, 2.75) is 0 Å². The average Bonchev–Trinajstić information content (AvgIpc) is 3.23. The molecule has 2 amide bonds. The van der Waals surface area contributed by atoms with Crippen LogP contribution in [0, 0.1) is 0 Å². The maximum Gasteiger partial charge on any atom is 0.247 e. The molecule has 28 heavy (non-hydrogen) atoms. The first-order valence-electron chi connectivity index (χ1n) is 9.23. The standard InChI is InChI=1S/C20H24N4O4/c25-19(21-18-8-13-28-22-18)16-24(10-9-23-11-14-27-15-12-23)20(26)7-6-17-4-2-1-3-5-17/h1-8,13H,9-12,14-16H2,(H,21,22,25)/b7-6+. The number of aromatic nitrogens is 1. The number of ether oxygens (including phenoxy) is 1. The molecule has 3 rings (SSSR count). The predicted octanol–water partition coefficient (Wildman–Crippen LogP) is 1.49. The van der Waals surface area contributed by atoms with E-state index < -0.39 is 0 Å². The Morgan fingerprint density at radius 1 is 1.18 bits per heavy atom. The van der Waals surface area contributed by atoms with Crippen molar-refractivity contribution in [2.75, 3.05) is 51.3 Å². The van der Waals surface area contributed by atoms with Crippen molar-refractivity contribution in [3.63, 3.8) is 0 Å². The van der Waals surface area contributed by atoms with E-state index >= 15 is 0 Å². The Kier molecular flexibility index (Phi) is 7.34. The first kappa shape index (κ1) is 19.8. The second-order valence-corrected chi connectivity index (χ2v) is 6.39. The SMILES string of the molecule is O=C(CN(CCN1CCOCC1)C(=O)/C=C/c1ccccc1)Nc1ccon1. The third-order valence-corrected chi connectivity index (χ3v) is 4.36. The van der Waals surface area contributed by atoms with Crippen LogP contribution in [0.15, 0.2) is 53.3 Å². The van der Waals surface area contributed by atoms with Gasteiger partial charge in [-0.15, -0.1) is 0 Å². The van der Waals surface area contributed by atoms with Gasteiger partial charge in [-0.1, -0.05) is 35.5 Å². The van der Waals surface area contributed by atoms with Crippen LogP contribution < -0.4 is 5.32 Å². The molecule has 1 aliphatic rings. The summed E-state index contributed by atoms with van der Waals surface area (Å²) in [5, 5.41) is 6.28. The van der Waals surface area contributed by atoms with E-state index in [1.54, 1.807) is 12.1 Å². The van der Waals surface area contributed by atoms with Crippen LogP contribution in [0.2, 0.25) is 0 Å². The lowest BCUT2D eigenvalue weighted by atomic mass is 10.2. The van der Waals surface area contributed by atoms with Gasteiger partial charge in [0.2, 0.25) is 11.8 Å². The molecule has 1 aromatic heterocycles. The van der Waals surface area contributed by atoms with Crippen LogP contribution >= 0.6 is 0 Å². The molecule has 1 N–H and O–H groups in total. The van der Waals surface area contributed by atoms with Gasteiger partial charge in [0.05, 0.1) is 13.2 Å². The number of anilines is 1. The van der Waals surface area contributed by atoms with Gasteiger partial charge < -0.3 is 19.5 Å². The summed E-state index contributed by atoms with van der Waals surface area (Å²) in [4.78, 5) is 28.8. The van der Waals surface area contributed by atoms with Crippen molar-refractivity contribution in [3.05, 3.63) is 54.3 Å². The van der Waals surface area contributed by atoms with Crippen molar-refractivity contribution in [1.29, 1.82) is 0 Å². The molecule has 0 saturated carbocycles. The fourth-order valence-corrected chi connectivity index (χ4v) is 2.82. The largest absolute Gasteiger partial charge is 0.379 e. The van der Waals surface area contributed by atoms with E-state index in [1.165, 1.54) is 17.2 Å². The van der Waals surface area contributed by atoms with E-state index in [9.17, 15) is 9.59 Å². The van der Waals surface area contributed by atoms with E-state index in [-0.39, 0.29) is 18.4 Å². The summed E-state index contributed by atoms with van der Waals surface area (Å²) < 4.78 is 10.1. The Bertz CT molecular complexity index is 771. The van der Waals surface area contributed by atoms with Crippen LogP contribution in [0.4, 0.5) is 5.82 Å². The maximum absolute atomic E-state index is 12.7. The Hall–Kier alpha value is -2.97. The van der Waals surface area contributed by atoms with Gasteiger partial charge in [-0.25, -0.2) is 0 Å². The fourth-order valence-electron chi connectivity index (χ4n) is 2.82. The van der Waals surface area contributed by atoms with Crippen LogP contribution in [-0.2, 0) is 14.3 Å². The molecule has 2 aromatic rings. The molecule has 0 radical (unpaired) electrons. The monoisotopic (exact) mass is 384 g/mol. The summed E-state index contributed by atoms with van der Waals surface area (Å²) >= 11 is 0. The number of nitrogens with zero attached hydrogens (tertiary/aromatic N) is 3. The lowest BCUT2D eigenvalue weighted by Crippen LogP contribution is -2.45. The fraction of sp³-hybridized carbons (Fsp3) is 0.350.